The van der Waals surface area contributed by atoms with E-state index in [0.717, 1.165) is 44.9 Å². The van der Waals surface area contributed by atoms with Crippen molar-refractivity contribution in [2.75, 3.05) is 0 Å². The van der Waals surface area contributed by atoms with Crippen molar-refractivity contribution in [1.82, 2.24) is 15.0 Å². The van der Waals surface area contributed by atoms with Crippen LogP contribution in [0.25, 0.3) is 33.7 Å². The molecule has 2 heterocycles. The van der Waals surface area contributed by atoms with E-state index >= 15 is 0 Å². The Balaban J connectivity index is 1.50. The Kier molecular flexibility index (Phi) is 5.77. The molecule has 5 aromatic rings. The molecule has 0 aliphatic heterocycles. The fraction of sp³-hybridized carbons (Fsp3) is 0.143. The first kappa shape index (κ1) is 20.8. The lowest BCUT2D eigenvalue weighted by molar-refractivity contribution is 0.242. The molecule has 0 aliphatic rings. The number of ether oxygens (including phenoxy) is 2. The van der Waals surface area contributed by atoms with Gasteiger partial charge in [0.25, 0.3) is 0 Å². The van der Waals surface area contributed by atoms with E-state index in [1.54, 1.807) is 0 Å². The van der Waals surface area contributed by atoms with Gasteiger partial charge in [0.1, 0.15) is 29.4 Å². The average molecular weight is 436 g/mol. The Morgan fingerprint density at radius 3 is 2.36 bits per heavy atom. The lowest BCUT2D eigenvalue weighted by Gasteiger charge is -2.15. The zero-order chi connectivity index (χ0) is 22.6. The van der Waals surface area contributed by atoms with Crippen LogP contribution in [0.3, 0.4) is 0 Å². The summed E-state index contributed by atoms with van der Waals surface area (Å²) in [5.74, 6) is 2.20. The highest BCUT2D eigenvalue weighted by Gasteiger charge is 2.15. The fourth-order valence-corrected chi connectivity index (χ4v) is 3.69. The van der Waals surface area contributed by atoms with Gasteiger partial charge < -0.3 is 14.5 Å². The molecule has 0 amide bonds. The number of pyridine rings is 1. The summed E-state index contributed by atoms with van der Waals surface area (Å²) < 4.78 is 12.1. The third-order valence-corrected chi connectivity index (χ3v) is 5.26. The minimum Gasteiger partial charge on any atom is -0.490 e. The van der Waals surface area contributed by atoms with E-state index in [1.807, 2.05) is 86.8 Å². The zero-order valence-corrected chi connectivity index (χ0v) is 18.7. The van der Waals surface area contributed by atoms with Crippen LogP contribution in [0.1, 0.15) is 19.4 Å². The summed E-state index contributed by atoms with van der Waals surface area (Å²) in [6.45, 7) is 4.51. The number of H-pyrrole nitrogens is 1. The number of hydrogen-bond donors (Lipinski definition) is 1. The lowest BCUT2D eigenvalue weighted by Crippen LogP contribution is -2.07. The second kappa shape index (κ2) is 9.17. The van der Waals surface area contributed by atoms with Gasteiger partial charge in [-0.1, -0.05) is 60.7 Å². The number of hydrogen-bond acceptors (Lipinski definition) is 4. The van der Waals surface area contributed by atoms with Crippen LogP contribution in [0.5, 0.6) is 11.5 Å². The van der Waals surface area contributed by atoms with Crippen molar-refractivity contribution in [3.63, 3.8) is 0 Å². The fourth-order valence-electron chi connectivity index (χ4n) is 3.69. The Morgan fingerprint density at radius 1 is 0.848 bits per heavy atom. The van der Waals surface area contributed by atoms with Crippen molar-refractivity contribution in [2.24, 2.45) is 0 Å². The summed E-state index contributed by atoms with van der Waals surface area (Å²) in [5.41, 5.74) is 5.63. The van der Waals surface area contributed by atoms with E-state index < -0.39 is 0 Å². The number of fused-ring (bicyclic) bond motifs is 1. The molecule has 5 rings (SSSR count). The lowest BCUT2D eigenvalue weighted by atomic mass is 10.1. The molecule has 0 radical (unpaired) electrons. The summed E-state index contributed by atoms with van der Waals surface area (Å²) in [6.07, 6.45) is 1.90. The number of imidazole rings is 1. The standard InChI is InChI=1S/C28H25N3O2/c1-19(2)33-26-14-13-23(32-18-20-9-5-3-6-10-20)16-24(26)27-30-25-15-22(17-29-28(25)31-27)21-11-7-4-8-12-21/h3-17,19H,18H2,1-2H3,(H,29,30,31). The molecule has 0 spiro atoms. The van der Waals surface area contributed by atoms with Gasteiger partial charge in [-0.25, -0.2) is 9.97 Å². The van der Waals surface area contributed by atoms with Crippen molar-refractivity contribution in [2.45, 2.75) is 26.6 Å². The molecule has 0 fully saturated rings. The van der Waals surface area contributed by atoms with Gasteiger partial charge >= 0.3 is 0 Å². The third kappa shape index (κ3) is 4.72. The quantitative estimate of drug-likeness (QED) is 0.311. The van der Waals surface area contributed by atoms with Crippen molar-refractivity contribution < 1.29 is 9.47 Å². The maximum Gasteiger partial charge on any atom is 0.157 e. The number of aromatic nitrogens is 3. The number of aromatic amines is 1. The van der Waals surface area contributed by atoms with Gasteiger partial charge in [-0.2, -0.15) is 0 Å². The number of rotatable bonds is 7. The van der Waals surface area contributed by atoms with Crippen LogP contribution < -0.4 is 9.47 Å². The SMILES string of the molecule is CC(C)Oc1ccc(OCc2ccccc2)cc1-c1nc2cc(-c3ccccc3)cnc2[nH]1. The highest BCUT2D eigenvalue weighted by atomic mass is 16.5. The maximum absolute atomic E-state index is 6.07. The molecule has 3 aromatic carbocycles. The third-order valence-electron chi connectivity index (χ3n) is 5.26. The van der Waals surface area contributed by atoms with Crippen molar-refractivity contribution in [3.05, 3.63) is 96.7 Å². The number of benzene rings is 3. The predicted molar refractivity (Wildman–Crippen MR) is 131 cm³/mol. The van der Waals surface area contributed by atoms with E-state index in [4.69, 9.17) is 14.5 Å². The van der Waals surface area contributed by atoms with Crippen molar-refractivity contribution in [3.8, 4) is 34.0 Å². The molecule has 0 saturated heterocycles. The van der Waals surface area contributed by atoms with E-state index in [2.05, 4.69) is 28.2 Å². The zero-order valence-electron chi connectivity index (χ0n) is 18.7. The molecule has 0 aliphatic carbocycles. The second-order valence-electron chi connectivity index (χ2n) is 8.14. The van der Waals surface area contributed by atoms with E-state index in [-0.39, 0.29) is 6.10 Å². The molecular weight excluding hydrogens is 410 g/mol. The van der Waals surface area contributed by atoms with E-state index in [0.29, 0.717) is 12.4 Å². The Labute approximate surface area is 193 Å². The summed E-state index contributed by atoms with van der Waals surface area (Å²) >= 11 is 0. The maximum atomic E-state index is 6.07. The van der Waals surface area contributed by atoms with Gasteiger partial charge in [0.2, 0.25) is 0 Å². The second-order valence-corrected chi connectivity index (χ2v) is 8.14. The van der Waals surface area contributed by atoms with E-state index in [1.165, 1.54) is 0 Å². The van der Waals surface area contributed by atoms with Crippen LogP contribution in [-0.4, -0.2) is 21.1 Å². The summed E-state index contributed by atoms with van der Waals surface area (Å²) in [4.78, 5) is 12.8. The number of nitrogens with zero attached hydrogens (tertiary/aromatic N) is 2. The Hall–Kier alpha value is -4.12. The molecular formula is C28H25N3O2. The minimum absolute atomic E-state index is 0.0343. The molecule has 5 heteroatoms. The first-order chi connectivity index (χ1) is 16.2. The molecule has 33 heavy (non-hydrogen) atoms. The van der Waals surface area contributed by atoms with Crippen molar-refractivity contribution in [1.29, 1.82) is 0 Å². The molecule has 5 nitrogen and oxygen atoms in total. The minimum atomic E-state index is 0.0343. The van der Waals surface area contributed by atoms with Crippen LogP contribution >= 0.6 is 0 Å². The molecule has 0 saturated carbocycles. The summed E-state index contributed by atoms with van der Waals surface area (Å²) in [5, 5.41) is 0. The smallest absolute Gasteiger partial charge is 0.157 e. The number of nitrogens with one attached hydrogen (secondary N) is 1. The van der Waals surface area contributed by atoms with Crippen LogP contribution in [0.2, 0.25) is 0 Å². The van der Waals surface area contributed by atoms with Crippen LogP contribution in [0.15, 0.2) is 91.1 Å². The van der Waals surface area contributed by atoms with Gasteiger partial charge in [0.05, 0.1) is 11.7 Å². The van der Waals surface area contributed by atoms with Crippen LogP contribution in [-0.2, 0) is 6.61 Å². The molecule has 1 N–H and O–H groups in total. The van der Waals surface area contributed by atoms with Gasteiger partial charge in [0.15, 0.2) is 5.65 Å². The van der Waals surface area contributed by atoms with Gasteiger partial charge in [0, 0.05) is 11.8 Å². The molecule has 2 aromatic heterocycles. The normalized spacial score (nSPS) is 11.1. The Morgan fingerprint density at radius 2 is 1.61 bits per heavy atom. The predicted octanol–water partition coefficient (Wildman–Crippen LogP) is 6.66. The van der Waals surface area contributed by atoms with Crippen LogP contribution in [0.4, 0.5) is 0 Å². The largest absolute Gasteiger partial charge is 0.490 e. The summed E-state index contributed by atoms with van der Waals surface area (Å²) in [6, 6.07) is 28.2. The van der Waals surface area contributed by atoms with Gasteiger partial charge in [-0.3, -0.25) is 0 Å². The molecule has 0 bridgehead atoms. The topological polar surface area (TPSA) is 60.0 Å². The van der Waals surface area contributed by atoms with Crippen LogP contribution in [0, 0.1) is 0 Å². The first-order valence-corrected chi connectivity index (χ1v) is 11.0. The highest BCUT2D eigenvalue weighted by Crippen LogP contribution is 2.34. The van der Waals surface area contributed by atoms with Gasteiger partial charge in [-0.05, 0) is 49.2 Å². The molecule has 0 unspecified atom stereocenters. The van der Waals surface area contributed by atoms with Gasteiger partial charge in [-0.15, -0.1) is 0 Å². The van der Waals surface area contributed by atoms with E-state index in [9.17, 15) is 0 Å². The summed E-state index contributed by atoms with van der Waals surface area (Å²) in [7, 11) is 0. The first-order valence-electron chi connectivity index (χ1n) is 11.0. The highest BCUT2D eigenvalue weighted by molar-refractivity contribution is 5.82. The monoisotopic (exact) mass is 435 g/mol. The van der Waals surface area contributed by atoms with Crippen molar-refractivity contribution >= 4 is 11.2 Å². The molecule has 0 atom stereocenters. The molecule has 164 valence electrons. The Bertz CT molecular complexity index is 1360. The average Bonchev–Trinajstić information content (AvgIpc) is 3.27.